The number of hydrogen-bond acceptors (Lipinski definition) is 5. The number of nitrogens with zero attached hydrogens (tertiary/aromatic N) is 2. The van der Waals surface area contributed by atoms with Gasteiger partial charge in [-0.2, -0.15) is 0 Å². The van der Waals surface area contributed by atoms with Gasteiger partial charge in [-0.25, -0.2) is 9.50 Å². The summed E-state index contributed by atoms with van der Waals surface area (Å²) in [6.45, 7) is 0.409. The lowest BCUT2D eigenvalue weighted by atomic mass is 10.2. The highest BCUT2D eigenvalue weighted by molar-refractivity contribution is 6.08. The Morgan fingerprint density at radius 3 is 2.92 bits per heavy atom. The first-order chi connectivity index (χ1) is 11.6. The van der Waals surface area contributed by atoms with Gasteiger partial charge in [-0.15, -0.1) is 0 Å². The van der Waals surface area contributed by atoms with E-state index in [1.165, 1.54) is 23.0 Å². The number of methoxy groups -OCH3 is 2. The van der Waals surface area contributed by atoms with E-state index in [1.807, 2.05) is 6.07 Å². The number of H-pyrrole nitrogens is 1. The van der Waals surface area contributed by atoms with Crippen LogP contribution in [0.15, 0.2) is 41.5 Å². The first kappa shape index (κ1) is 15.8. The number of amides is 1. The third kappa shape index (κ3) is 2.86. The molecule has 8 nitrogen and oxygen atoms in total. The highest BCUT2D eigenvalue weighted by atomic mass is 16.5. The molecule has 0 unspecified atom stereocenters. The summed E-state index contributed by atoms with van der Waals surface area (Å²) in [7, 11) is 3.15. The van der Waals surface area contributed by atoms with E-state index >= 15 is 0 Å². The number of anilines is 1. The van der Waals surface area contributed by atoms with Crippen molar-refractivity contribution in [1.82, 2.24) is 14.6 Å². The molecule has 8 heteroatoms. The van der Waals surface area contributed by atoms with Crippen molar-refractivity contribution in [2.45, 2.75) is 6.61 Å². The number of aromatic amines is 1. The zero-order chi connectivity index (χ0) is 17.1. The van der Waals surface area contributed by atoms with Crippen molar-refractivity contribution in [2.24, 2.45) is 0 Å². The smallest absolute Gasteiger partial charge is 0.272 e. The van der Waals surface area contributed by atoms with Crippen molar-refractivity contribution in [3.05, 3.63) is 58.1 Å². The van der Waals surface area contributed by atoms with Gasteiger partial charge < -0.3 is 14.8 Å². The van der Waals surface area contributed by atoms with E-state index in [9.17, 15) is 9.59 Å². The fourth-order valence-electron chi connectivity index (χ4n) is 2.38. The van der Waals surface area contributed by atoms with Gasteiger partial charge in [-0.05, 0) is 6.07 Å². The van der Waals surface area contributed by atoms with Crippen LogP contribution < -0.4 is 15.6 Å². The molecule has 0 aliphatic heterocycles. The summed E-state index contributed by atoms with van der Waals surface area (Å²) in [6, 6.07) is 6.59. The molecule has 2 N–H and O–H groups in total. The van der Waals surface area contributed by atoms with E-state index in [-0.39, 0.29) is 22.7 Å². The Kier molecular flexibility index (Phi) is 4.30. The number of nitrogens with one attached hydrogen (secondary N) is 2. The molecule has 3 rings (SSSR count). The van der Waals surface area contributed by atoms with E-state index in [1.54, 1.807) is 26.4 Å². The van der Waals surface area contributed by atoms with Gasteiger partial charge in [0.25, 0.3) is 11.5 Å². The predicted molar refractivity (Wildman–Crippen MR) is 87.5 cm³/mol. The summed E-state index contributed by atoms with van der Waals surface area (Å²) in [4.78, 5) is 28.2. The van der Waals surface area contributed by atoms with Gasteiger partial charge in [-0.3, -0.25) is 14.7 Å². The summed E-state index contributed by atoms with van der Waals surface area (Å²) >= 11 is 0. The Morgan fingerprint density at radius 2 is 2.17 bits per heavy atom. The highest BCUT2D eigenvalue weighted by Gasteiger charge is 2.15. The molecule has 2 heterocycles. The molecule has 0 atom stereocenters. The largest absolute Gasteiger partial charge is 0.496 e. The topological polar surface area (TPSA) is 97.7 Å². The molecule has 0 spiro atoms. The highest BCUT2D eigenvalue weighted by Crippen LogP contribution is 2.24. The minimum atomic E-state index is -0.381. The molecular weight excluding hydrogens is 312 g/mol. The standard InChI is InChI=1S/C16H16N4O4/c1-23-9-10-3-4-11(7-13(10)24-2)19-16(22)12-8-18-20-14(21)5-6-17-15(12)20/h3-8,18H,9H2,1-2H3,(H,19,22). The third-order valence-corrected chi connectivity index (χ3v) is 3.51. The van der Waals surface area contributed by atoms with Crippen LogP contribution in [0.5, 0.6) is 5.75 Å². The molecule has 24 heavy (non-hydrogen) atoms. The first-order valence-electron chi connectivity index (χ1n) is 7.16. The molecule has 0 aliphatic rings. The van der Waals surface area contributed by atoms with Crippen LogP contribution in [0.1, 0.15) is 15.9 Å². The Hall–Kier alpha value is -3.13. The second kappa shape index (κ2) is 6.55. The number of benzene rings is 1. The molecule has 124 valence electrons. The summed E-state index contributed by atoms with van der Waals surface area (Å²) in [6.07, 6.45) is 2.81. The zero-order valence-electron chi connectivity index (χ0n) is 13.2. The lowest BCUT2D eigenvalue weighted by Gasteiger charge is -2.10. The van der Waals surface area contributed by atoms with Crippen LogP contribution in [0.25, 0.3) is 5.65 Å². The number of carbonyl (C=O) groups excluding carboxylic acids is 1. The van der Waals surface area contributed by atoms with Crippen molar-refractivity contribution < 1.29 is 14.3 Å². The normalized spacial score (nSPS) is 10.8. The molecule has 0 bridgehead atoms. The summed E-state index contributed by atoms with van der Waals surface area (Å²) < 4.78 is 11.6. The summed E-state index contributed by atoms with van der Waals surface area (Å²) in [5.41, 5.74) is 1.69. The number of carbonyl (C=O) groups is 1. The monoisotopic (exact) mass is 328 g/mol. The molecule has 3 aromatic rings. The maximum atomic E-state index is 12.5. The fourth-order valence-corrected chi connectivity index (χ4v) is 2.38. The Bertz CT molecular complexity index is 945. The molecule has 0 saturated heterocycles. The van der Waals surface area contributed by atoms with E-state index < -0.39 is 0 Å². The van der Waals surface area contributed by atoms with Crippen LogP contribution in [0.3, 0.4) is 0 Å². The molecule has 0 aliphatic carbocycles. The van der Waals surface area contributed by atoms with E-state index in [4.69, 9.17) is 9.47 Å². The van der Waals surface area contributed by atoms with Crippen LogP contribution in [0.2, 0.25) is 0 Å². The van der Waals surface area contributed by atoms with Crippen LogP contribution in [-0.2, 0) is 11.3 Å². The molecular formula is C16H16N4O4. The van der Waals surface area contributed by atoms with Crippen LogP contribution in [0, 0.1) is 0 Å². The van der Waals surface area contributed by atoms with Crippen LogP contribution in [0.4, 0.5) is 5.69 Å². The second-order valence-corrected chi connectivity index (χ2v) is 5.04. The predicted octanol–water partition coefficient (Wildman–Crippen LogP) is 1.43. The van der Waals surface area contributed by atoms with Gasteiger partial charge in [0, 0.05) is 42.9 Å². The van der Waals surface area contributed by atoms with Gasteiger partial charge >= 0.3 is 0 Å². The van der Waals surface area contributed by atoms with E-state index in [0.717, 1.165) is 5.56 Å². The summed E-state index contributed by atoms with van der Waals surface area (Å²) in [5, 5.41) is 5.48. The van der Waals surface area contributed by atoms with Crippen molar-refractivity contribution >= 4 is 17.2 Å². The lowest BCUT2D eigenvalue weighted by molar-refractivity contribution is 0.102. The maximum absolute atomic E-state index is 12.5. The zero-order valence-corrected chi connectivity index (χ0v) is 13.2. The van der Waals surface area contributed by atoms with Crippen molar-refractivity contribution in [1.29, 1.82) is 0 Å². The van der Waals surface area contributed by atoms with Crippen molar-refractivity contribution in [3.63, 3.8) is 0 Å². The number of aromatic nitrogens is 3. The molecule has 0 radical (unpaired) electrons. The number of hydrogen-bond donors (Lipinski definition) is 2. The second-order valence-electron chi connectivity index (χ2n) is 5.04. The Balaban J connectivity index is 1.89. The molecule has 2 aromatic heterocycles. The molecule has 1 aromatic carbocycles. The van der Waals surface area contributed by atoms with Gasteiger partial charge in [0.05, 0.1) is 13.7 Å². The lowest BCUT2D eigenvalue weighted by Crippen LogP contribution is -2.15. The van der Waals surface area contributed by atoms with Gasteiger partial charge in [-0.1, -0.05) is 6.07 Å². The average molecular weight is 328 g/mol. The molecule has 0 saturated carbocycles. The minimum absolute atomic E-state index is 0.267. The third-order valence-electron chi connectivity index (χ3n) is 3.51. The average Bonchev–Trinajstić information content (AvgIpc) is 3.02. The van der Waals surface area contributed by atoms with Crippen molar-refractivity contribution in [2.75, 3.05) is 19.5 Å². The first-order valence-corrected chi connectivity index (χ1v) is 7.16. The van der Waals surface area contributed by atoms with Gasteiger partial charge in [0.2, 0.25) is 0 Å². The number of rotatable bonds is 5. The minimum Gasteiger partial charge on any atom is -0.496 e. The number of fused-ring (bicyclic) bond motifs is 1. The van der Waals surface area contributed by atoms with E-state index in [0.29, 0.717) is 18.0 Å². The Labute approximate surface area is 137 Å². The summed E-state index contributed by atoms with van der Waals surface area (Å²) in [5.74, 6) is 0.233. The van der Waals surface area contributed by atoms with Crippen molar-refractivity contribution in [3.8, 4) is 5.75 Å². The number of ether oxygens (including phenoxy) is 2. The molecule has 0 fully saturated rings. The van der Waals surface area contributed by atoms with Crippen LogP contribution >= 0.6 is 0 Å². The Morgan fingerprint density at radius 1 is 1.33 bits per heavy atom. The van der Waals surface area contributed by atoms with Crippen LogP contribution in [-0.4, -0.2) is 34.7 Å². The van der Waals surface area contributed by atoms with Gasteiger partial charge in [0.15, 0.2) is 5.65 Å². The van der Waals surface area contributed by atoms with E-state index in [2.05, 4.69) is 15.4 Å². The maximum Gasteiger partial charge on any atom is 0.272 e. The quantitative estimate of drug-likeness (QED) is 0.738. The fraction of sp³-hybridized carbons (Fsp3) is 0.188. The SMILES string of the molecule is COCc1ccc(NC(=O)c2c[nH]n3c(=O)ccnc23)cc1OC. The molecule has 1 amide bonds. The van der Waals surface area contributed by atoms with Gasteiger partial charge in [0.1, 0.15) is 11.3 Å².